The van der Waals surface area contributed by atoms with Gasteiger partial charge >= 0.3 is 5.97 Å². The Bertz CT molecular complexity index is 612. The number of esters is 1. The van der Waals surface area contributed by atoms with Crippen LogP contribution in [0.4, 0.5) is 0 Å². The predicted octanol–water partition coefficient (Wildman–Crippen LogP) is 0.427. The van der Waals surface area contributed by atoms with E-state index >= 15 is 0 Å². The molecule has 1 aromatic carbocycles. The topological polar surface area (TPSA) is 103 Å². The number of carbonyl (C=O) groups is 3. The highest BCUT2D eigenvalue weighted by Gasteiger charge is 2.06. The molecule has 2 amide bonds. The number of hydrazine groups is 1. The quantitative estimate of drug-likeness (QED) is 0.447. The molecule has 8 heteroatoms. The normalized spacial score (nSPS) is 10.0. The zero-order valence-electron chi connectivity index (χ0n) is 13.0. The van der Waals surface area contributed by atoms with Gasteiger partial charge in [0.2, 0.25) is 5.91 Å². The molecule has 0 unspecified atom stereocenters. The van der Waals surface area contributed by atoms with Gasteiger partial charge < -0.3 is 14.2 Å². The minimum Gasteiger partial charge on any atom is -0.497 e. The van der Waals surface area contributed by atoms with E-state index < -0.39 is 24.4 Å². The Balaban J connectivity index is 2.58. The van der Waals surface area contributed by atoms with Gasteiger partial charge in [-0.15, -0.1) is 0 Å². The summed E-state index contributed by atoms with van der Waals surface area (Å²) >= 11 is 0. The van der Waals surface area contributed by atoms with Crippen molar-refractivity contribution in [2.24, 2.45) is 0 Å². The number of methoxy groups -OCH3 is 2. The van der Waals surface area contributed by atoms with E-state index in [4.69, 9.17) is 14.2 Å². The van der Waals surface area contributed by atoms with Crippen molar-refractivity contribution in [2.75, 3.05) is 20.8 Å². The molecule has 124 valence electrons. The summed E-state index contributed by atoms with van der Waals surface area (Å²) in [6, 6.07) is 5.11. The van der Waals surface area contributed by atoms with Crippen LogP contribution in [0.2, 0.25) is 0 Å². The van der Waals surface area contributed by atoms with E-state index in [1.165, 1.54) is 27.2 Å². The van der Waals surface area contributed by atoms with Gasteiger partial charge in [0.05, 0.1) is 14.2 Å². The fourth-order valence-corrected chi connectivity index (χ4v) is 1.51. The second kappa shape index (κ2) is 9.08. The van der Waals surface area contributed by atoms with Crippen molar-refractivity contribution in [3.05, 3.63) is 29.8 Å². The highest BCUT2D eigenvalue weighted by atomic mass is 16.5. The Hall–Kier alpha value is -3.03. The summed E-state index contributed by atoms with van der Waals surface area (Å²) in [5.74, 6) is -0.643. The van der Waals surface area contributed by atoms with E-state index in [0.717, 1.165) is 6.08 Å². The van der Waals surface area contributed by atoms with Crippen molar-refractivity contribution in [3.8, 4) is 11.5 Å². The third kappa shape index (κ3) is 6.51. The summed E-state index contributed by atoms with van der Waals surface area (Å²) in [6.07, 6.45) is 2.64. The van der Waals surface area contributed by atoms with Gasteiger partial charge in [0.25, 0.3) is 5.91 Å². The smallest absolute Gasteiger partial charge is 0.331 e. The van der Waals surface area contributed by atoms with E-state index in [0.29, 0.717) is 17.1 Å². The number of rotatable bonds is 6. The van der Waals surface area contributed by atoms with Crippen LogP contribution >= 0.6 is 0 Å². The summed E-state index contributed by atoms with van der Waals surface area (Å²) < 4.78 is 15.0. The van der Waals surface area contributed by atoms with Gasteiger partial charge in [0, 0.05) is 18.6 Å². The molecule has 1 aromatic rings. The van der Waals surface area contributed by atoms with Gasteiger partial charge in [-0.1, -0.05) is 0 Å². The SMILES string of the molecule is COc1ccc(OC)c(/C=C/C(=O)OCC(=O)NNC(C)=O)c1. The molecule has 0 aromatic heterocycles. The maximum atomic E-state index is 11.6. The van der Waals surface area contributed by atoms with Crippen LogP contribution in [0.5, 0.6) is 11.5 Å². The molecule has 0 aliphatic heterocycles. The van der Waals surface area contributed by atoms with Gasteiger partial charge in [-0.05, 0) is 24.3 Å². The molecule has 0 atom stereocenters. The highest BCUT2D eigenvalue weighted by molar-refractivity contribution is 5.90. The molecule has 0 saturated carbocycles. The first kappa shape index (κ1) is 18.0. The Labute approximate surface area is 133 Å². The average molecular weight is 322 g/mol. The molecule has 0 aliphatic rings. The number of amides is 2. The van der Waals surface area contributed by atoms with Crippen LogP contribution in [0.1, 0.15) is 12.5 Å². The van der Waals surface area contributed by atoms with E-state index in [2.05, 4.69) is 10.9 Å². The van der Waals surface area contributed by atoms with Crippen molar-refractivity contribution in [2.45, 2.75) is 6.92 Å². The minimum absolute atomic E-state index is 0.435. The van der Waals surface area contributed by atoms with E-state index in [1.54, 1.807) is 18.2 Å². The fraction of sp³-hybridized carbons (Fsp3) is 0.267. The zero-order valence-corrected chi connectivity index (χ0v) is 13.0. The van der Waals surface area contributed by atoms with Crippen LogP contribution in [0.25, 0.3) is 6.08 Å². The van der Waals surface area contributed by atoms with Gasteiger partial charge in [-0.2, -0.15) is 0 Å². The molecule has 0 fully saturated rings. The van der Waals surface area contributed by atoms with Crippen molar-refractivity contribution >= 4 is 23.9 Å². The molecule has 0 saturated heterocycles. The van der Waals surface area contributed by atoms with Crippen molar-refractivity contribution in [1.82, 2.24) is 10.9 Å². The molecule has 0 heterocycles. The van der Waals surface area contributed by atoms with Crippen LogP contribution in [0.3, 0.4) is 0 Å². The number of nitrogens with one attached hydrogen (secondary N) is 2. The minimum atomic E-state index is -0.715. The second-order valence-electron chi connectivity index (χ2n) is 4.28. The lowest BCUT2D eigenvalue weighted by Crippen LogP contribution is -2.42. The lowest BCUT2D eigenvalue weighted by molar-refractivity contribution is -0.144. The molecular formula is C15H18N2O6. The van der Waals surface area contributed by atoms with Crippen molar-refractivity contribution in [1.29, 1.82) is 0 Å². The molecule has 1 rings (SSSR count). The third-order valence-electron chi connectivity index (χ3n) is 2.56. The highest BCUT2D eigenvalue weighted by Crippen LogP contribution is 2.24. The summed E-state index contributed by atoms with van der Waals surface area (Å²) in [7, 11) is 3.03. The molecule has 0 radical (unpaired) electrons. The summed E-state index contributed by atoms with van der Waals surface area (Å²) in [5, 5.41) is 0. The molecule has 23 heavy (non-hydrogen) atoms. The largest absolute Gasteiger partial charge is 0.497 e. The first-order chi connectivity index (χ1) is 11.0. The summed E-state index contributed by atoms with van der Waals surface area (Å²) in [6.45, 7) is 0.718. The fourth-order valence-electron chi connectivity index (χ4n) is 1.51. The maximum absolute atomic E-state index is 11.6. The van der Waals surface area contributed by atoms with Crippen LogP contribution in [-0.4, -0.2) is 38.6 Å². The Morgan fingerprint density at radius 1 is 1.13 bits per heavy atom. The lowest BCUT2D eigenvalue weighted by atomic mass is 10.1. The zero-order chi connectivity index (χ0) is 17.2. The number of carbonyl (C=O) groups excluding carboxylic acids is 3. The molecule has 0 bridgehead atoms. The van der Waals surface area contributed by atoms with Gasteiger partial charge in [-0.3, -0.25) is 20.4 Å². The van der Waals surface area contributed by atoms with Gasteiger partial charge in [-0.25, -0.2) is 4.79 Å². The van der Waals surface area contributed by atoms with Crippen molar-refractivity contribution < 1.29 is 28.6 Å². The van der Waals surface area contributed by atoms with Crippen molar-refractivity contribution in [3.63, 3.8) is 0 Å². The summed E-state index contributed by atoms with van der Waals surface area (Å²) in [5.41, 5.74) is 4.76. The van der Waals surface area contributed by atoms with Crippen LogP contribution in [0, 0.1) is 0 Å². The Morgan fingerprint density at radius 3 is 2.48 bits per heavy atom. The first-order valence-electron chi connectivity index (χ1n) is 6.58. The summed E-state index contributed by atoms with van der Waals surface area (Å²) in [4.78, 5) is 33.4. The lowest BCUT2D eigenvalue weighted by Gasteiger charge is -2.07. The van der Waals surface area contributed by atoms with E-state index in [9.17, 15) is 14.4 Å². The molecule has 0 spiro atoms. The third-order valence-corrected chi connectivity index (χ3v) is 2.56. The average Bonchev–Trinajstić information content (AvgIpc) is 2.55. The number of benzene rings is 1. The Morgan fingerprint density at radius 2 is 1.87 bits per heavy atom. The van der Waals surface area contributed by atoms with Crippen LogP contribution < -0.4 is 20.3 Å². The second-order valence-corrected chi connectivity index (χ2v) is 4.28. The molecular weight excluding hydrogens is 304 g/mol. The monoisotopic (exact) mass is 322 g/mol. The predicted molar refractivity (Wildman–Crippen MR) is 81.5 cm³/mol. The van der Waals surface area contributed by atoms with E-state index in [1.807, 2.05) is 0 Å². The van der Waals surface area contributed by atoms with Gasteiger partial charge in [0.15, 0.2) is 6.61 Å². The van der Waals surface area contributed by atoms with Crippen LogP contribution in [0.15, 0.2) is 24.3 Å². The number of hydrogen-bond acceptors (Lipinski definition) is 6. The standard InChI is InChI=1S/C15H18N2O6/c1-10(18)16-17-14(19)9-23-15(20)7-4-11-8-12(21-2)5-6-13(11)22-3/h4-8H,9H2,1-3H3,(H,16,18)(H,17,19)/b7-4+. The number of ether oxygens (including phenoxy) is 3. The Kier molecular flexibility index (Phi) is 7.12. The molecule has 0 aliphatic carbocycles. The van der Waals surface area contributed by atoms with E-state index in [-0.39, 0.29) is 0 Å². The van der Waals surface area contributed by atoms with Crippen LogP contribution in [-0.2, 0) is 19.1 Å². The van der Waals surface area contributed by atoms with Gasteiger partial charge in [0.1, 0.15) is 11.5 Å². The first-order valence-corrected chi connectivity index (χ1v) is 6.58. The molecule has 2 N–H and O–H groups in total. The number of hydrogen-bond donors (Lipinski definition) is 2. The molecule has 8 nitrogen and oxygen atoms in total. The maximum Gasteiger partial charge on any atom is 0.331 e.